The minimum Gasteiger partial charge on any atom is -0.466 e. The molecule has 732 valence electrons. The highest BCUT2D eigenvalue weighted by Crippen LogP contribution is 2.62. The molecule has 15 nitrogen and oxygen atoms in total. The molecule has 11 unspecified atom stereocenters. The maximum Gasteiger partial charge on any atom is 0.426 e. The summed E-state index contributed by atoms with van der Waals surface area (Å²) in [5.74, 6) is -3.89. The van der Waals surface area contributed by atoms with E-state index in [2.05, 4.69) is 0 Å². The fourth-order valence-corrected chi connectivity index (χ4v) is 15.3. The average molecular weight is 1870 g/mol. The second kappa shape index (κ2) is 42.3. The molecule has 2 aliphatic heterocycles. The van der Waals surface area contributed by atoms with Crippen molar-refractivity contribution in [1.29, 1.82) is 0 Å². The standard InChI is InChI=1S/C18H26F6O2.C17H24F6O3.C17H18F6O3.C14H19F3O.C13H23F3O4.C8H16O2/c1-4-15(2,3)14(25)8-12-6-11-5-10(12)7-13(11)9-16(26,17(19,20)21)18(22,23)24;2*1-3-13(2)9-14(26-12(13)24,11-7-5-4-6-8-11)10-15(25,16(18,19)20)17(21,22)23;1-5-12(2,3)10-6-8-11(9-7-10)13(4,18)14(15,16)17;1-5-11(3,10(17)20-6-2)9-19-8-7-12(4,18)13(14,15)16;1-5-8(3,4)7(9)10-6-2/h10-13,26H,4-9H2,1-3H3;11,25H,3-10H2,1-2H3;4-8,25H,3,9-10H2,1-2H3;6-9,18H,5H2,1-4H3;18H,5-9H2,1-4H3;5-6H2,1-4H3. The molecule has 0 spiro atoms. The summed E-state index contributed by atoms with van der Waals surface area (Å²) in [6, 6.07) is 12.9. The summed E-state index contributed by atoms with van der Waals surface area (Å²) in [6.07, 6.45) is -43.2. The van der Waals surface area contributed by atoms with Gasteiger partial charge in [-0.1, -0.05) is 143 Å². The number of cyclic esters (lactones) is 2. The number of ketones is 1. The molecule has 3 saturated carbocycles. The number of Topliss-reactive ketones (excluding diaryl/α,β-unsaturated/α-hetero) is 1. The van der Waals surface area contributed by atoms with Crippen molar-refractivity contribution in [3.05, 3.63) is 71.3 Å². The van der Waals surface area contributed by atoms with Crippen molar-refractivity contribution in [2.24, 2.45) is 56.7 Å². The first-order valence-corrected chi connectivity index (χ1v) is 41.8. The van der Waals surface area contributed by atoms with Crippen LogP contribution >= 0.6 is 0 Å². The van der Waals surface area contributed by atoms with E-state index in [0.29, 0.717) is 71.3 Å². The molecule has 0 aromatic heterocycles. The Labute approximate surface area is 720 Å². The van der Waals surface area contributed by atoms with Gasteiger partial charge in [-0.15, -0.1) is 0 Å². The van der Waals surface area contributed by atoms with Crippen LogP contribution in [0.4, 0.5) is 105 Å². The lowest BCUT2D eigenvalue weighted by Gasteiger charge is -2.44. The van der Waals surface area contributed by atoms with Crippen LogP contribution in [0.1, 0.15) is 283 Å². The molecule has 5 N–H and O–H groups in total. The lowest BCUT2D eigenvalue weighted by molar-refractivity contribution is -0.379. The van der Waals surface area contributed by atoms with Gasteiger partial charge in [0.05, 0.1) is 41.5 Å². The molecule has 0 radical (unpaired) electrons. The quantitative estimate of drug-likeness (QED) is 0.0231. The number of benzene rings is 2. The molecule has 11 atom stereocenters. The van der Waals surface area contributed by atoms with Gasteiger partial charge in [0.1, 0.15) is 17.0 Å². The molecule has 5 aliphatic rings. The number of carbonyl (C=O) groups excluding carboxylic acids is 5. The zero-order valence-corrected chi connectivity index (χ0v) is 74.7. The van der Waals surface area contributed by atoms with Crippen molar-refractivity contribution in [2.45, 2.75) is 360 Å². The summed E-state index contributed by atoms with van der Waals surface area (Å²) in [4.78, 5) is 59.7. The van der Waals surface area contributed by atoms with Gasteiger partial charge in [-0.05, 0) is 191 Å². The Bertz CT molecular complexity index is 3740. The van der Waals surface area contributed by atoms with Crippen LogP contribution in [-0.4, -0.2) is 159 Å². The van der Waals surface area contributed by atoms with E-state index in [1.807, 2.05) is 69.2 Å². The second-order valence-electron chi connectivity index (χ2n) is 37.0. The van der Waals surface area contributed by atoms with Gasteiger partial charge in [-0.2, -0.15) is 105 Å². The van der Waals surface area contributed by atoms with E-state index >= 15 is 0 Å². The van der Waals surface area contributed by atoms with E-state index in [4.69, 9.17) is 23.7 Å². The Morgan fingerprint density at radius 1 is 0.452 bits per heavy atom. The number of ether oxygens (including phenoxy) is 5. The third kappa shape index (κ3) is 27.6. The lowest BCUT2D eigenvalue weighted by atomic mass is 9.66. The number of esters is 4. The Hall–Kier alpha value is -5.93. The molecule has 2 aromatic carbocycles. The monoisotopic (exact) mass is 1870 g/mol. The molecule has 2 heterocycles. The third-order valence-corrected chi connectivity index (χ3v) is 26.5. The van der Waals surface area contributed by atoms with E-state index < -0.39 is 172 Å². The highest BCUT2D eigenvalue weighted by molar-refractivity contribution is 5.84. The first kappa shape index (κ1) is 116. The normalized spacial score (nSPS) is 24.6. The van der Waals surface area contributed by atoms with Gasteiger partial charge in [-0.3, -0.25) is 24.0 Å². The van der Waals surface area contributed by atoms with Crippen LogP contribution in [0.15, 0.2) is 54.6 Å². The molecule has 126 heavy (non-hydrogen) atoms. The van der Waals surface area contributed by atoms with Gasteiger partial charge < -0.3 is 49.2 Å². The summed E-state index contributed by atoms with van der Waals surface area (Å²) in [5, 5.41) is 47.6. The average Bonchev–Trinajstić information content (AvgIpc) is 1.53. The van der Waals surface area contributed by atoms with E-state index in [0.717, 1.165) is 31.7 Å². The van der Waals surface area contributed by atoms with Crippen molar-refractivity contribution in [3.63, 3.8) is 0 Å². The maximum absolute atomic E-state index is 13.3. The van der Waals surface area contributed by atoms with E-state index in [-0.39, 0.29) is 97.0 Å². The van der Waals surface area contributed by atoms with Crippen LogP contribution in [0.2, 0.25) is 0 Å². The van der Waals surface area contributed by atoms with Crippen molar-refractivity contribution in [1.82, 2.24) is 0 Å². The van der Waals surface area contributed by atoms with E-state index in [1.54, 1.807) is 46.8 Å². The van der Waals surface area contributed by atoms with Gasteiger partial charge in [0.25, 0.3) is 16.8 Å². The number of aliphatic hydroxyl groups is 5. The SMILES string of the molecule is CCC(C)(C)C(=O)CC1CC2CC1CC2CC(O)(C(F)(F)F)C(F)(F)F.CCC(C)(C)c1ccc(C(C)(O)C(F)(F)F)cc1.CCC1(C)CC(CC(O)(C(F)(F)F)C(F)(F)F)(C2CCCCC2)OC1=O.CCC1(C)CC(CC(O)(C(F)(F)F)C(F)(F)F)(c2ccccc2)OC1=O.CCOC(=O)C(C)(C)CC.CCOC(=O)C(C)(CC)COCCC(C)(O)C(F)(F)F. The lowest BCUT2D eigenvalue weighted by Crippen LogP contribution is -2.62. The zero-order valence-electron chi connectivity index (χ0n) is 74.7. The van der Waals surface area contributed by atoms with E-state index in [1.165, 1.54) is 56.3 Å². The highest BCUT2D eigenvalue weighted by Gasteiger charge is 2.77. The van der Waals surface area contributed by atoms with Crippen LogP contribution < -0.4 is 0 Å². The largest absolute Gasteiger partial charge is 0.466 e. The summed E-state index contributed by atoms with van der Waals surface area (Å²) in [6.45, 7) is 32.3. The number of hydrogen-bond acceptors (Lipinski definition) is 15. The fourth-order valence-electron chi connectivity index (χ4n) is 15.3. The predicted octanol–water partition coefficient (Wildman–Crippen LogP) is 23.5. The van der Waals surface area contributed by atoms with Crippen molar-refractivity contribution >= 4 is 29.7 Å². The van der Waals surface area contributed by atoms with Crippen LogP contribution in [0, 0.1) is 56.7 Å². The summed E-state index contributed by atoms with van der Waals surface area (Å²) >= 11 is 0. The van der Waals surface area contributed by atoms with Crippen LogP contribution in [0.25, 0.3) is 0 Å². The van der Waals surface area contributed by atoms with Gasteiger partial charge >= 0.3 is 73.3 Å². The molecule has 2 aromatic rings. The Kier molecular flexibility index (Phi) is 39.0. The first-order chi connectivity index (χ1) is 56.6. The molecule has 2 saturated heterocycles. The summed E-state index contributed by atoms with van der Waals surface area (Å²) in [7, 11) is 0. The fraction of sp³-hybridized carbons (Fsp3) is 0.805. The Balaban J connectivity index is 0.000000522. The van der Waals surface area contributed by atoms with Gasteiger partial charge in [0.15, 0.2) is 11.2 Å². The number of fused-ring (bicyclic) bond motifs is 2. The highest BCUT2D eigenvalue weighted by atomic mass is 19.4. The Morgan fingerprint density at radius 2 is 0.865 bits per heavy atom. The number of halogens is 24. The van der Waals surface area contributed by atoms with Crippen molar-refractivity contribution < 1.29 is 179 Å². The number of rotatable bonds is 28. The van der Waals surface area contributed by atoms with Crippen molar-refractivity contribution in [3.8, 4) is 0 Å². The minimum atomic E-state index is -6.00. The molecule has 7 rings (SSSR count). The van der Waals surface area contributed by atoms with Gasteiger partial charge in [0, 0.05) is 50.5 Å². The molecular formula is C87H126F24O15. The summed E-state index contributed by atoms with van der Waals surface area (Å²) in [5.41, 5.74) is -27.8. The summed E-state index contributed by atoms with van der Waals surface area (Å²) < 4.78 is 337. The molecular weight excluding hydrogens is 1740 g/mol. The van der Waals surface area contributed by atoms with Crippen molar-refractivity contribution in [2.75, 3.05) is 26.4 Å². The number of alkyl halides is 24. The zero-order chi connectivity index (χ0) is 98.6. The number of carbonyl (C=O) groups is 5. The molecule has 3 aliphatic carbocycles. The molecule has 0 amide bonds. The predicted molar refractivity (Wildman–Crippen MR) is 415 cm³/mol. The molecule has 5 fully saturated rings. The van der Waals surface area contributed by atoms with E-state index in [9.17, 15) is 155 Å². The second-order valence-corrected chi connectivity index (χ2v) is 37.0. The smallest absolute Gasteiger partial charge is 0.426 e. The van der Waals surface area contributed by atoms with Crippen LogP contribution in [-0.2, 0) is 64.3 Å². The Morgan fingerprint density at radius 3 is 1.24 bits per heavy atom. The minimum absolute atomic E-state index is 0.0273. The van der Waals surface area contributed by atoms with Gasteiger partial charge in [0.2, 0.25) is 0 Å². The maximum atomic E-state index is 13.3. The third-order valence-electron chi connectivity index (χ3n) is 26.5. The van der Waals surface area contributed by atoms with Crippen LogP contribution in [0.3, 0.4) is 0 Å². The number of hydrogen-bond donors (Lipinski definition) is 5. The van der Waals surface area contributed by atoms with Gasteiger partial charge in [-0.25, -0.2) is 0 Å². The molecule has 39 heteroatoms. The first-order valence-electron chi connectivity index (χ1n) is 41.8. The van der Waals surface area contributed by atoms with Crippen LogP contribution in [0.5, 0.6) is 0 Å². The molecule has 2 bridgehead atoms. The topological polar surface area (TPSA) is 233 Å².